The fourth-order valence-corrected chi connectivity index (χ4v) is 4.26. The topological polar surface area (TPSA) is 79.0 Å². The molecule has 4 rings (SSSR count). The fraction of sp³-hybridized carbons (Fsp3) is 0.318. The molecule has 1 saturated heterocycles. The van der Waals surface area contributed by atoms with Crippen molar-refractivity contribution in [1.82, 2.24) is 0 Å². The first-order valence-electron chi connectivity index (χ1n) is 9.73. The van der Waals surface area contributed by atoms with E-state index in [2.05, 4.69) is 5.32 Å². The number of hydrogen-bond donors (Lipinski definition) is 1. The Bertz CT molecular complexity index is 1040. The van der Waals surface area contributed by atoms with Gasteiger partial charge in [-0.3, -0.25) is 14.4 Å². The van der Waals surface area contributed by atoms with Crippen molar-refractivity contribution in [2.24, 2.45) is 5.92 Å². The summed E-state index contributed by atoms with van der Waals surface area (Å²) in [6.45, 7) is 2.51. The fourth-order valence-electron chi connectivity index (χ4n) is 4.00. The highest BCUT2D eigenvalue weighted by molar-refractivity contribution is 6.32. The van der Waals surface area contributed by atoms with Crippen molar-refractivity contribution in [2.45, 2.75) is 19.8 Å². The van der Waals surface area contributed by atoms with E-state index >= 15 is 0 Å². The molecule has 1 unspecified atom stereocenters. The average Bonchev–Trinajstić information content (AvgIpc) is 3.31. The molecule has 0 bridgehead atoms. The quantitative estimate of drug-likeness (QED) is 0.812. The van der Waals surface area contributed by atoms with Crippen molar-refractivity contribution in [1.29, 1.82) is 0 Å². The second-order valence-electron chi connectivity index (χ2n) is 7.48. The molecule has 1 atom stereocenters. The molecule has 0 aromatic heterocycles. The van der Waals surface area contributed by atoms with Gasteiger partial charge in [0, 0.05) is 43.5 Å². The molecule has 2 aliphatic rings. The monoisotopic (exact) mass is 427 g/mol. The number of halogens is 1. The van der Waals surface area contributed by atoms with Crippen LogP contribution in [0.3, 0.4) is 0 Å². The molecule has 2 heterocycles. The minimum Gasteiger partial charge on any atom is -0.495 e. The van der Waals surface area contributed by atoms with Crippen molar-refractivity contribution >= 4 is 46.4 Å². The van der Waals surface area contributed by atoms with Gasteiger partial charge in [-0.2, -0.15) is 0 Å². The lowest BCUT2D eigenvalue weighted by Crippen LogP contribution is -2.28. The molecule has 3 amide bonds. The van der Waals surface area contributed by atoms with Gasteiger partial charge in [0.1, 0.15) is 5.75 Å². The zero-order valence-electron chi connectivity index (χ0n) is 16.8. The summed E-state index contributed by atoms with van der Waals surface area (Å²) in [5.41, 5.74) is 3.24. The van der Waals surface area contributed by atoms with Crippen LogP contribution >= 0.6 is 11.6 Å². The molecule has 8 heteroatoms. The number of amides is 3. The summed E-state index contributed by atoms with van der Waals surface area (Å²) in [4.78, 5) is 40.4. The molecule has 30 heavy (non-hydrogen) atoms. The second-order valence-corrected chi connectivity index (χ2v) is 7.88. The van der Waals surface area contributed by atoms with E-state index in [9.17, 15) is 14.4 Å². The van der Waals surface area contributed by atoms with Gasteiger partial charge in [-0.05, 0) is 48.4 Å². The molecule has 7 nitrogen and oxygen atoms in total. The highest BCUT2D eigenvalue weighted by atomic mass is 35.5. The Morgan fingerprint density at radius 3 is 2.70 bits per heavy atom. The van der Waals surface area contributed by atoms with Crippen molar-refractivity contribution < 1.29 is 19.1 Å². The van der Waals surface area contributed by atoms with Crippen LogP contribution in [-0.2, 0) is 20.8 Å². The van der Waals surface area contributed by atoms with Crippen molar-refractivity contribution in [3.63, 3.8) is 0 Å². The van der Waals surface area contributed by atoms with Crippen LogP contribution in [0.1, 0.15) is 18.9 Å². The largest absolute Gasteiger partial charge is 0.495 e. The van der Waals surface area contributed by atoms with Crippen molar-refractivity contribution in [2.75, 3.05) is 35.3 Å². The van der Waals surface area contributed by atoms with Crippen LogP contribution in [0.4, 0.5) is 17.1 Å². The lowest BCUT2D eigenvalue weighted by molar-refractivity contribution is -0.122. The minimum atomic E-state index is -0.458. The average molecular weight is 428 g/mol. The number of hydrogen-bond acceptors (Lipinski definition) is 4. The Kier molecular flexibility index (Phi) is 5.39. The molecule has 1 fully saturated rings. The number of carbonyl (C=O) groups excluding carboxylic acids is 3. The number of nitrogens with one attached hydrogen (secondary N) is 1. The van der Waals surface area contributed by atoms with Gasteiger partial charge in [-0.15, -0.1) is 0 Å². The first kappa shape index (κ1) is 20.2. The second kappa shape index (κ2) is 7.99. The van der Waals surface area contributed by atoms with Gasteiger partial charge < -0.3 is 19.9 Å². The SMILES string of the molecule is COc1ccc(NC(=O)C2CC(=O)N(c3ccc4c(c3)CCN4C(C)=O)C2)cc1Cl. The summed E-state index contributed by atoms with van der Waals surface area (Å²) in [6, 6.07) is 10.7. The highest BCUT2D eigenvalue weighted by Crippen LogP contribution is 2.34. The molecule has 156 valence electrons. The Balaban J connectivity index is 1.46. The summed E-state index contributed by atoms with van der Waals surface area (Å²) in [6.07, 6.45) is 0.902. The van der Waals surface area contributed by atoms with E-state index in [-0.39, 0.29) is 24.1 Å². The zero-order chi connectivity index (χ0) is 21.4. The third-order valence-electron chi connectivity index (χ3n) is 5.57. The Hall–Kier alpha value is -3.06. The molecule has 0 saturated carbocycles. The maximum atomic E-state index is 12.7. The number of methoxy groups -OCH3 is 1. The van der Waals surface area contributed by atoms with E-state index in [0.29, 0.717) is 29.5 Å². The molecular formula is C22H22ClN3O4. The minimum absolute atomic E-state index is 0.00844. The Morgan fingerprint density at radius 2 is 2.00 bits per heavy atom. The third kappa shape index (κ3) is 3.73. The molecule has 2 aromatic rings. The molecule has 2 aromatic carbocycles. The summed E-state index contributed by atoms with van der Waals surface area (Å²) in [7, 11) is 1.52. The van der Waals surface area contributed by atoms with E-state index in [1.807, 2.05) is 18.2 Å². The lowest BCUT2D eigenvalue weighted by Gasteiger charge is -2.19. The predicted octanol–water partition coefficient (Wildman–Crippen LogP) is 3.25. The van der Waals surface area contributed by atoms with Gasteiger partial charge in [0.15, 0.2) is 0 Å². The van der Waals surface area contributed by atoms with Crippen molar-refractivity contribution in [3.8, 4) is 5.75 Å². The third-order valence-corrected chi connectivity index (χ3v) is 5.86. The lowest BCUT2D eigenvalue weighted by atomic mass is 10.1. The van der Waals surface area contributed by atoms with E-state index in [0.717, 1.165) is 23.4 Å². The smallest absolute Gasteiger partial charge is 0.229 e. The highest BCUT2D eigenvalue weighted by Gasteiger charge is 2.36. The molecular weight excluding hydrogens is 406 g/mol. The maximum absolute atomic E-state index is 12.7. The van der Waals surface area contributed by atoms with Crippen LogP contribution in [0.2, 0.25) is 5.02 Å². The Morgan fingerprint density at radius 1 is 1.20 bits per heavy atom. The summed E-state index contributed by atoms with van der Waals surface area (Å²) >= 11 is 6.11. The molecule has 0 radical (unpaired) electrons. The van der Waals surface area contributed by atoms with Crippen molar-refractivity contribution in [3.05, 3.63) is 47.0 Å². The zero-order valence-corrected chi connectivity index (χ0v) is 17.5. The normalized spacial score (nSPS) is 17.8. The first-order valence-corrected chi connectivity index (χ1v) is 10.1. The number of ether oxygens (including phenoxy) is 1. The van der Waals surface area contributed by atoms with Crippen LogP contribution in [-0.4, -0.2) is 37.9 Å². The number of anilines is 3. The van der Waals surface area contributed by atoms with Crippen LogP contribution < -0.4 is 19.9 Å². The van der Waals surface area contributed by atoms with Gasteiger partial charge in [0.05, 0.1) is 18.1 Å². The number of rotatable bonds is 4. The molecule has 1 N–H and O–H groups in total. The molecule has 2 aliphatic heterocycles. The van der Waals surface area contributed by atoms with E-state index in [1.165, 1.54) is 7.11 Å². The number of nitrogens with zero attached hydrogens (tertiary/aromatic N) is 2. The summed E-state index contributed by atoms with van der Waals surface area (Å²) in [5, 5.41) is 3.23. The van der Waals surface area contributed by atoms with E-state index < -0.39 is 5.92 Å². The van der Waals surface area contributed by atoms with Crippen LogP contribution in [0.25, 0.3) is 0 Å². The van der Waals surface area contributed by atoms with Crippen LogP contribution in [0, 0.1) is 5.92 Å². The number of benzene rings is 2. The maximum Gasteiger partial charge on any atom is 0.229 e. The van der Waals surface area contributed by atoms with E-state index in [4.69, 9.17) is 16.3 Å². The summed E-state index contributed by atoms with van der Waals surface area (Å²) in [5.74, 6) is -0.244. The number of fused-ring (bicyclic) bond motifs is 1. The number of carbonyl (C=O) groups is 3. The standard InChI is InChI=1S/C22H22ClN3O4/c1-13(27)25-8-7-14-9-17(4-5-19(14)25)26-12-15(10-21(26)28)22(29)24-16-3-6-20(30-2)18(23)11-16/h3-6,9,11,15H,7-8,10,12H2,1-2H3,(H,24,29). The van der Waals surface area contributed by atoms with Gasteiger partial charge in [-0.1, -0.05) is 11.6 Å². The van der Waals surface area contributed by atoms with Crippen LogP contribution in [0.5, 0.6) is 5.75 Å². The molecule has 0 spiro atoms. The molecule has 0 aliphatic carbocycles. The van der Waals surface area contributed by atoms with Gasteiger partial charge in [-0.25, -0.2) is 0 Å². The van der Waals surface area contributed by atoms with Gasteiger partial charge >= 0.3 is 0 Å². The first-order chi connectivity index (χ1) is 14.4. The summed E-state index contributed by atoms with van der Waals surface area (Å²) < 4.78 is 5.12. The van der Waals surface area contributed by atoms with Gasteiger partial charge in [0.2, 0.25) is 17.7 Å². The predicted molar refractivity (Wildman–Crippen MR) is 115 cm³/mol. The Labute approximate surface area is 179 Å². The van der Waals surface area contributed by atoms with Gasteiger partial charge in [0.25, 0.3) is 0 Å². The van der Waals surface area contributed by atoms with Crippen LogP contribution in [0.15, 0.2) is 36.4 Å². The van der Waals surface area contributed by atoms with E-state index in [1.54, 1.807) is 34.9 Å².